The predicted octanol–water partition coefficient (Wildman–Crippen LogP) is 2.48. The Kier molecular flexibility index (Phi) is 4.04. The molecule has 6 heteroatoms. The summed E-state index contributed by atoms with van der Waals surface area (Å²) in [7, 11) is 0. The normalized spacial score (nSPS) is 16.7. The van der Waals surface area contributed by atoms with Gasteiger partial charge in [0.05, 0.1) is 5.69 Å². The molecule has 1 fully saturated rings. The number of carbonyl (C=O) groups is 3. The maximum Gasteiger partial charge on any atom is 0.335 e. The number of nitrogens with zero attached hydrogens (tertiary/aromatic N) is 2. The highest BCUT2D eigenvalue weighted by Crippen LogP contribution is 2.22. The SMILES string of the molecule is CCn1cccc1/C=C1\C(=O)NC(=O)N(c2ccc(C)cc2)C1=O. The molecule has 1 aromatic carbocycles. The molecule has 1 aromatic heterocycles. The summed E-state index contributed by atoms with van der Waals surface area (Å²) in [6, 6.07) is 9.87. The Morgan fingerprint density at radius 3 is 2.46 bits per heavy atom. The summed E-state index contributed by atoms with van der Waals surface area (Å²) >= 11 is 0. The quantitative estimate of drug-likeness (QED) is 0.697. The number of urea groups is 1. The number of barbiturate groups is 1. The highest BCUT2D eigenvalue weighted by atomic mass is 16.2. The van der Waals surface area contributed by atoms with E-state index in [9.17, 15) is 14.4 Å². The van der Waals surface area contributed by atoms with E-state index in [0.717, 1.165) is 16.2 Å². The van der Waals surface area contributed by atoms with E-state index in [2.05, 4.69) is 5.32 Å². The number of aromatic nitrogens is 1. The van der Waals surface area contributed by atoms with E-state index in [1.54, 1.807) is 24.3 Å². The lowest BCUT2D eigenvalue weighted by Gasteiger charge is -2.26. The molecule has 1 aliphatic heterocycles. The first-order valence-electron chi connectivity index (χ1n) is 7.64. The van der Waals surface area contributed by atoms with E-state index in [0.29, 0.717) is 12.2 Å². The molecule has 0 radical (unpaired) electrons. The lowest BCUT2D eigenvalue weighted by Crippen LogP contribution is -2.54. The molecule has 1 N–H and O–H groups in total. The summed E-state index contributed by atoms with van der Waals surface area (Å²) in [6.07, 6.45) is 3.37. The van der Waals surface area contributed by atoms with Gasteiger partial charge in [0, 0.05) is 18.4 Å². The van der Waals surface area contributed by atoms with Crippen LogP contribution in [0.25, 0.3) is 6.08 Å². The van der Waals surface area contributed by atoms with Gasteiger partial charge >= 0.3 is 6.03 Å². The Labute approximate surface area is 139 Å². The summed E-state index contributed by atoms with van der Waals surface area (Å²) in [5.41, 5.74) is 2.10. The van der Waals surface area contributed by atoms with Gasteiger partial charge in [0.2, 0.25) is 0 Å². The Hall–Kier alpha value is -3.15. The number of rotatable bonds is 3. The highest BCUT2D eigenvalue weighted by molar-refractivity contribution is 6.39. The Balaban J connectivity index is 2.01. The zero-order valence-electron chi connectivity index (χ0n) is 13.4. The summed E-state index contributed by atoms with van der Waals surface area (Å²) in [5, 5.41) is 2.22. The Bertz CT molecular complexity index is 847. The van der Waals surface area contributed by atoms with Gasteiger partial charge in [-0.3, -0.25) is 14.9 Å². The van der Waals surface area contributed by atoms with Crippen LogP contribution in [-0.2, 0) is 16.1 Å². The number of anilines is 1. The molecule has 0 saturated carbocycles. The molecule has 0 spiro atoms. The van der Waals surface area contributed by atoms with Gasteiger partial charge in [-0.25, -0.2) is 9.69 Å². The summed E-state index contributed by atoms with van der Waals surface area (Å²) in [4.78, 5) is 37.9. The molecule has 1 saturated heterocycles. The fourth-order valence-corrected chi connectivity index (χ4v) is 2.58. The van der Waals surface area contributed by atoms with Crippen LogP contribution in [0.1, 0.15) is 18.2 Å². The van der Waals surface area contributed by atoms with Crippen molar-refractivity contribution in [2.45, 2.75) is 20.4 Å². The molecule has 2 aromatic rings. The average Bonchev–Trinajstić information content (AvgIpc) is 3.00. The summed E-state index contributed by atoms with van der Waals surface area (Å²) in [6.45, 7) is 4.59. The van der Waals surface area contributed by atoms with E-state index < -0.39 is 17.8 Å². The second-order valence-corrected chi connectivity index (χ2v) is 5.51. The molecule has 0 unspecified atom stereocenters. The molecule has 2 heterocycles. The zero-order chi connectivity index (χ0) is 17.3. The Morgan fingerprint density at radius 2 is 1.79 bits per heavy atom. The molecule has 0 bridgehead atoms. The zero-order valence-corrected chi connectivity index (χ0v) is 13.4. The molecular formula is C18H17N3O3. The van der Waals surface area contributed by atoms with Crippen LogP contribution in [0.15, 0.2) is 48.2 Å². The van der Waals surface area contributed by atoms with Gasteiger partial charge in [0.1, 0.15) is 5.57 Å². The standard InChI is InChI=1S/C18H17N3O3/c1-3-20-10-4-5-14(20)11-15-16(22)19-18(24)21(17(15)23)13-8-6-12(2)7-9-13/h4-11H,3H2,1-2H3,(H,19,22,24)/b15-11+. The van der Waals surface area contributed by atoms with Crippen molar-refractivity contribution in [3.05, 3.63) is 59.4 Å². The fourth-order valence-electron chi connectivity index (χ4n) is 2.58. The molecule has 24 heavy (non-hydrogen) atoms. The van der Waals surface area contributed by atoms with E-state index >= 15 is 0 Å². The largest absolute Gasteiger partial charge is 0.348 e. The van der Waals surface area contributed by atoms with Gasteiger partial charge in [-0.2, -0.15) is 0 Å². The summed E-state index contributed by atoms with van der Waals surface area (Å²) < 4.78 is 1.90. The van der Waals surface area contributed by atoms with Crippen molar-refractivity contribution in [1.82, 2.24) is 9.88 Å². The molecule has 6 nitrogen and oxygen atoms in total. The monoisotopic (exact) mass is 323 g/mol. The van der Waals surface area contributed by atoms with Crippen LogP contribution in [0, 0.1) is 6.92 Å². The van der Waals surface area contributed by atoms with Crippen molar-refractivity contribution >= 4 is 29.6 Å². The molecule has 4 amide bonds. The van der Waals surface area contributed by atoms with E-state index in [4.69, 9.17) is 0 Å². The number of hydrogen-bond acceptors (Lipinski definition) is 3. The number of carbonyl (C=O) groups excluding carboxylic acids is 3. The second kappa shape index (κ2) is 6.16. The van der Waals surface area contributed by atoms with Crippen LogP contribution < -0.4 is 10.2 Å². The third kappa shape index (κ3) is 2.74. The number of amides is 4. The van der Waals surface area contributed by atoms with Crippen LogP contribution in [0.3, 0.4) is 0 Å². The molecule has 0 aliphatic carbocycles. The van der Waals surface area contributed by atoms with Gasteiger partial charge in [-0.1, -0.05) is 17.7 Å². The molecule has 122 valence electrons. The van der Waals surface area contributed by atoms with Crippen molar-refractivity contribution in [3.63, 3.8) is 0 Å². The third-order valence-corrected chi connectivity index (χ3v) is 3.89. The van der Waals surface area contributed by atoms with Gasteiger partial charge < -0.3 is 4.57 Å². The molecule has 1 aliphatic rings. The predicted molar refractivity (Wildman–Crippen MR) is 90.3 cm³/mol. The molecule has 0 atom stereocenters. The summed E-state index contributed by atoms with van der Waals surface area (Å²) in [5.74, 6) is -1.31. The topological polar surface area (TPSA) is 71.4 Å². The van der Waals surface area contributed by atoms with Crippen LogP contribution in [0.5, 0.6) is 0 Å². The van der Waals surface area contributed by atoms with Crippen LogP contribution in [-0.4, -0.2) is 22.4 Å². The van der Waals surface area contributed by atoms with Crippen molar-refractivity contribution < 1.29 is 14.4 Å². The smallest absolute Gasteiger partial charge is 0.335 e. The molecule has 3 rings (SSSR count). The Morgan fingerprint density at radius 1 is 1.08 bits per heavy atom. The van der Waals surface area contributed by atoms with Gasteiger partial charge in [-0.05, 0) is 44.2 Å². The average molecular weight is 323 g/mol. The lowest BCUT2D eigenvalue weighted by atomic mass is 10.1. The van der Waals surface area contributed by atoms with Crippen molar-refractivity contribution in [3.8, 4) is 0 Å². The van der Waals surface area contributed by atoms with E-state index in [-0.39, 0.29) is 5.57 Å². The van der Waals surface area contributed by atoms with Crippen LogP contribution >= 0.6 is 0 Å². The second-order valence-electron chi connectivity index (χ2n) is 5.51. The third-order valence-electron chi connectivity index (χ3n) is 3.89. The molecular weight excluding hydrogens is 306 g/mol. The van der Waals surface area contributed by atoms with Crippen LogP contribution in [0.4, 0.5) is 10.5 Å². The maximum absolute atomic E-state index is 12.7. The van der Waals surface area contributed by atoms with Crippen molar-refractivity contribution in [1.29, 1.82) is 0 Å². The minimum atomic E-state index is -0.739. The maximum atomic E-state index is 12.7. The van der Waals surface area contributed by atoms with Gasteiger partial charge in [0.25, 0.3) is 11.8 Å². The number of nitrogens with one attached hydrogen (secondary N) is 1. The van der Waals surface area contributed by atoms with Gasteiger partial charge in [0.15, 0.2) is 0 Å². The first kappa shape index (κ1) is 15.7. The van der Waals surface area contributed by atoms with Crippen molar-refractivity contribution in [2.24, 2.45) is 0 Å². The van der Waals surface area contributed by atoms with Gasteiger partial charge in [-0.15, -0.1) is 0 Å². The van der Waals surface area contributed by atoms with E-state index in [1.165, 1.54) is 6.08 Å². The number of benzene rings is 1. The number of imide groups is 2. The minimum Gasteiger partial charge on any atom is -0.348 e. The van der Waals surface area contributed by atoms with E-state index in [1.807, 2.05) is 36.7 Å². The number of aryl methyl sites for hydroxylation is 2. The van der Waals surface area contributed by atoms with Crippen LogP contribution in [0.2, 0.25) is 0 Å². The number of hydrogen-bond donors (Lipinski definition) is 1. The highest BCUT2D eigenvalue weighted by Gasteiger charge is 2.36. The first-order chi connectivity index (χ1) is 11.5. The van der Waals surface area contributed by atoms with Crippen molar-refractivity contribution in [2.75, 3.05) is 4.90 Å². The lowest BCUT2D eigenvalue weighted by molar-refractivity contribution is -0.122. The minimum absolute atomic E-state index is 0.0661. The fraction of sp³-hybridized carbons (Fsp3) is 0.167. The first-order valence-corrected chi connectivity index (χ1v) is 7.64.